The van der Waals surface area contributed by atoms with Crippen LogP contribution in [-0.2, 0) is 10.0 Å². The number of rotatable bonds is 3. The molecular formula is C10H12N4O2S. The molecule has 2 rings (SSSR count). The Morgan fingerprint density at radius 1 is 1.29 bits per heavy atom. The molecule has 0 aliphatic carbocycles. The highest BCUT2D eigenvalue weighted by atomic mass is 32.2. The van der Waals surface area contributed by atoms with E-state index >= 15 is 0 Å². The van der Waals surface area contributed by atoms with Crippen LogP contribution in [0.1, 0.15) is 11.4 Å². The summed E-state index contributed by atoms with van der Waals surface area (Å²) in [6.07, 6.45) is 2.57. The fourth-order valence-corrected chi connectivity index (χ4v) is 2.41. The van der Waals surface area contributed by atoms with Gasteiger partial charge in [0.25, 0.3) is 10.0 Å². The van der Waals surface area contributed by atoms with E-state index in [0.717, 1.165) is 5.69 Å². The number of hydrogen-bond acceptors (Lipinski definition) is 4. The molecule has 0 bridgehead atoms. The number of H-pyrrole nitrogens is 1. The van der Waals surface area contributed by atoms with Crippen molar-refractivity contribution in [2.45, 2.75) is 18.7 Å². The molecule has 90 valence electrons. The summed E-state index contributed by atoms with van der Waals surface area (Å²) in [5.41, 5.74) is 1.95. The van der Waals surface area contributed by atoms with Crippen molar-refractivity contribution < 1.29 is 8.42 Å². The van der Waals surface area contributed by atoms with Crippen LogP contribution in [0.3, 0.4) is 0 Å². The van der Waals surface area contributed by atoms with Crippen molar-refractivity contribution in [2.75, 3.05) is 4.72 Å². The van der Waals surface area contributed by atoms with Crippen LogP contribution in [0.15, 0.2) is 29.4 Å². The smallest absolute Gasteiger partial charge is 0.265 e. The molecule has 2 heterocycles. The molecule has 2 N–H and O–H groups in total. The molecule has 0 saturated carbocycles. The van der Waals surface area contributed by atoms with Crippen molar-refractivity contribution in [3.63, 3.8) is 0 Å². The van der Waals surface area contributed by atoms with E-state index in [1.807, 2.05) is 6.92 Å². The first kappa shape index (κ1) is 11.6. The fraction of sp³-hybridized carbons (Fsp3) is 0.200. The third kappa shape index (κ3) is 2.44. The lowest BCUT2D eigenvalue weighted by atomic mass is 10.3. The maximum atomic E-state index is 11.9. The standard InChI is InChI=1S/C10H12N4O2S/c1-7-3-4-10(8(2)13-7)14-17(15,16)9-5-11-12-6-9/h3-6,14H,1-2H3,(H,11,12). The lowest BCUT2D eigenvalue weighted by Crippen LogP contribution is -2.13. The van der Waals surface area contributed by atoms with Gasteiger partial charge in [-0.05, 0) is 26.0 Å². The van der Waals surface area contributed by atoms with Gasteiger partial charge in [0.05, 0.1) is 17.6 Å². The summed E-state index contributed by atoms with van der Waals surface area (Å²) in [5, 5.41) is 6.07. The topological polar surface area (TPSA) is 87.7 Å². The van der Waals surface area contributed by atoms with Gasteiger partial charge in [-0.25, -0.2) is 8.42 Å². The van der Waals surface area contributed by atoms with Crippen LogP contribution in [0.2, 0.25) is 0 Å². The Hall–Kier alpha value is -1.89. The molecule has 2 aromatic rings. The van der Waals surface area contributed by atoms with Crippen molar-refractivity contribution in [1.29, 1.82) is 0 Å². The predicted molar refractivity (Wildman–Crippen MR) is 63.1 cm³/mol. The molecule has 7 heteroatoms. The van der Waals surface area contributed by atoms with E-state index in [1.165, 1.54) is 12.4 Å². The Labute approximate surface area is 99.1 Å². The Balaban J connectivity index is 2.33. The van der Waals surface area contributed by atoms with Gasteiger partial charge in [-0.15, -0.1) is 0 Å². The number of sulfonamides is 1. The first-order chi connectivity index (χ1) is 7.99. The van der Waals surface area contributed by atoms with Crippen molar-refractivity contribution in [1.82, 2.24) is 15.2 Å². The van der Waals surface area contributed by atoms with Gasteiger partial charge in [-0.2, -0.15) is 5.10 Å². The second-order valence-corrected chi connectivity index (χ2v) is 5.31. The number of nitrogens with zero attached hydrogens (tertiary/aromatic N) is 2. The number of aryl methyl sites for hydroxylation is 2. The van der Waals surface area contributed by atoms with Gasteiger partial charge >= 0.3 is 0 Å². The van der Waals surface area contributed by atoms with E-state index < -0.39 is 10.0 Å². The minimum atomic E-state index is -3.59. The molecule has 0 fully saturated rings. The zero-order valence-corrected chi connectivity index (χ0v) is 10.2. The molecule has 2 aromatic heterocycles. The quantitative estimate of drug-likeness (QED) is 0.859. The molecule has 0 unspecified atom stereocenters. The number of nitrogens with one attached hydrogen (secondary N) is 2. The average molecular weight is 252 g/mol. The van der Waals surface area contributed by atoms with Crippen LogP contribution >= 0.6 is 0 Å². The normalized spacial score (nSPS) is 11.4. The monoisotopic (exact) mass is 252 g/mol. The largest absolute Gasteiger partial charge is 0.284 e. The van der Waals surface area contributed by atoms with Crippen LogP contribution in [0, 0.1) is 13.8 Å². The summed E-state index contributed by atoms with van der Waals surface area (Å²) < 4.78 is 26.3. The summed E-state index contributed by atoms with van der Waals surface area (Å²) in [4.78, 5) is 4.28. The maximum Gasteiger partial charge on any atom is 0.265 e. The van der Waals surface area contributed by atoms with E-state index in [-0.39, 0.29) is 4.90 Å². The second-order valence-electron chi connectivity index (χ2n) is 3.63. The van der Waals surface area contributed by atoms with Crippen molar-refractivity contribution in [3.8, 4) is 0 Å². The third-order valence-electron chi connectivity index (χ3n) is 2.25. The molecule has 0 spiro atoms. The van der Waals surface area contributed by atoms with Gasteiger partial charge in [-0.3, -0.25) is 14.8 Å². The van der Waals surface area contributed by atoms with Gasteiger partial charge < -0.3 is 0 Å². The van der Waals surface area contributed by atoms with Gasteiger partial charge in [0.2, 0.25) is 0 Å². The predicted octanol–water partition coefficient (Wildman–Crippen LogP) is 1.22. The van der Waals surface area contributed by atoms with Gasteiger partial charge in [0.15, 0.2) is 0 Å². The molecule has 0 aromatic carbocycles. The molecule has 6 nitrogen and oxygen atoms in total. The lowest BCUT2D eigenvalue weighted by Gasteiger charge is -2.08. The third-order valence-corrected chi connectivity index (χ3v) is 3.59. The average Bonchev–Trinajstić information content (AvgIpc) is 2.76. The summed E-state index contributed by atoms with van der Waals surface area (Å²) in [7, 11) is -3.59. The molecule has 0 amide bonds. The van der Waals surface area contributed by atoms with Gasteiger partial charge in [0, 0.05) is 11.9 Å². The van der Waals surface area contributed by atoms with E-state index in [2.05, 4.69) is 19.9 Å². The number of aromatic amines is 1. The highest BCUT2D eigenvalue weighted by Crippen LogP contribution is 2.17. The summed E-state index contributed by atoms with van der Waals surface area (Å²) in [6.45, 7) is 3.60. The highest BCUT2D eigenvalue weighted by molar-refractivity contribution is 7.92. The molecular weight excluding hydrogens is 240 g/mol. The van der Waals surface area contributed by atoms with Crippen molar-refractivity contribution in [2.24, 2.45) is 0 Å². The zero-order valence-electron chi connectivity index (χ0n) is 9.43. The number of aromatic nitrogens is 3. The van der Waals surface area contributed by atoms with E-state index in [9.17, 15) is 8.42 Å². The lowest BCUT2D eigenvalue weighted by molar-refractivity contribution is 0.601. The molecule has 0 aliphatic heterocycles. The molecule has 0 aliphatic rings. The Bertz CT molecular complexity index is 620. The minimum absolute atomic E-state index is 0.0949. The summed E-state index contributed by atoms with van der Waals surface area (Å²) in [5.74, 6) is 0. The van der Waals surface area contributed by atoms with Crippen LogP contribution in [0.5, 0.6) is 0 Å². The highest BCUT2D eigenvalue weighted by Gasteiger charge is 2.16. The minimum Gasteiger partial charge on any atom is -0.284 e. The number of pyridine rings is 1. The van der Waals surface area contributed by atoms with Crippen LogP contribution < -0.4 is 4.72 Å². The van der Waals surface area contributed by atoms with Crippen LogP contribution in [0.25, 0.3) is 0 Å². The van der Waals surface area contributed by atoms with Crippen molar-refractivity contribution in [3.05, 3.63) is 35.9 Å². The second kappa shape index (κ2) is 4.17. The van der Waals surface area contributed by atoms with E-state index in [1.54, 1.807) is 19.1 Å². The molecule has 0 radical (unpaired) electrons. The number of hydrogen-bond donors (Lipinski definition) is 2. The Kier molecular flexibility index (Phi) is 2.84. The summed E-state index contributed by atoms with van der Waals surface area (Å²) >= 11 is 0. The molecule has 0 saturated heterocycles. The van der Waals surface area contributed by atoms with Crippen LogP contribution in [0.4, 0.5) is 5.69 Å². The van der Waals surface area contributed by atoms with E-state index in [4.69, 9.17) is 0 Å². The fourth-order valence-electron chi connectivity index (χ4n) is 1.38. The van der Waals surface area contributed by atoms with Crippen molar-refractivity contribution >= 4 is 15.7 Å². The van der Waals surface area contributed by atoms with E-state index in [0.29, 0.717) is 11.4 Å². The molecule has 17 heavy (non-hydrogen) atoms. The van der Waals surface area contributed by atoms with Gasteiger partial charge in [-0.1, -0.05) is 0 Å². The first-order valence-corrected chi connectivity index (χ1v) is 6.43. The first-order valence-electron chi connectivity index (χ1n) is 4.95. The Morgan fingerprint density at radius 2 is 2.06 bits per heavy atom. The number of anilines is 1. The van der Waals surface area contributed by atoms with Crippen LogP contribution in [-0.4, -0.2) is 23.6 Å². The zero-order chi connectivity index (χ0) is 12.5. The van der Waals surface area contributed by atoms with Gasteiger partial charge in [0.1, 0.15) is 4.90 Å². The maximum absolute atomic E-state index is 11.9. The molecule has 0 atom stereocenters. The summed E-state index contributed by atoms with van der Waals surface area (Å²) in [6, 6.07) is 3.44. The SMILES string of the molecule is Cc1ccc(NS(=O)(=O)c2cn[nH]c2)c(C)n1. The Morgan fingerprint density at radius 3 is 2.65 bits per heavy atom.